The van der Waals surface area contributed by atoms with Gasteiger partial charge in [-0.15, -0.1) is 5.10 Å². The zero-order valence-electron chi connectivity index (χ0n) is 16.4. The molecule has 0 radical (unpaired) electrons. The standard InChI is InChI=1S/C20H24N4O3S/c1-5-28-19-22-18-21-12-9-20(2,3)10-14(26)16(12)17(24(18)23-19)11-6-7-13(25)15(8-11)27-4/h6-8,17,25H,5,9-10H2,1-4H3,(H,21,22,23)/t17-/m0/s1. The lowest BCUT2D eigenvalue weighted by atomic mass is 9.73. The van der Waals surface area contributed by atoms with E-state index >= 15 is 0 Å². The second-order valence-corrected chi connectivity index (χ2v) is 9.12. The molecule has 28 heavy (non-hydrogen) atoms. The third-order valence-corrected chi connectivity index (χ3v) is 5.83. The van der Waals surface area contributed by atoms with Crippen LogP contribution in [-0.4, -0.2) is 38.5 Å². The average Bonchev–Trinajstić information content (AvgIpc) is 3.01. The van der Waals surface area contributed by atoms with Gasteiger partial charge < -0.3 is 15.2 Å². The molecule has 0 fully saturated rings. The molecule has 1 aliphatic carbocycles. The third kappa shape index (κ3) is 3.15. The van der Waals surface area contributed by atoms with Crippen molar-refractivity contribution in [3.63, 3.8) is 0 Å². The Labute approximate surface area is 168 Å². The van der Waals surface area contributed by atoms with E-state index in [1.165, 1.54) is 7.11 Å². The Bertz CT molecular complexity index is 980. The predicted octanol–water partition coefficient (Wildman–Crippen LogP) is 3.76. The number of aromatic nitrogens is 3. The van der Waals surface area contributed by atoms with E-state index < -0.39 is 6.04 Å². The molecule has 0 spiro atoms. The number of phenolic OH excluding ortho intramolecular Hbond substituents is 1. The van der Waals surface area contributed by atoms with Crippen molar-refractivity contribution in [1.82, 2.24) is 14.8 Å². The van der Waals surface area contributed by atoms with E-state index in [1.54, 1.807) is 28.6 Å². The van der Waals surface area contributed by atoms with Crippen molar-refractivity contribution in [2.24, 2.45) is 5.41 Å². The summed E-state index contributed by atoms with van der Waals surface area (Å²) in [6, 6.07) is 4.76. The number of ketones is 1. The van der Waals surface area contributed by atoms with Crippen molar-refractivity contribution in [2.45, 2.75) is 44.8 Å². The first-order chi connectivity index (χ1) is 13.3. The van der Waals surface area contributed by atoms with Gasteiger partial charge in [0.2, 0.25) is 11.1 Å². The molecule has 0 bridgehead atoms. The summed E-state index contributed by atoms with van der Waals surface area (Å²) in [5, 5.41) is 18.7. The molecule has 8 heteroatoms. The molecule has 4 rings (SSSR count). The number of hydrogen-bond donors (Lipinski definition) is 2. The minimum absolute atomic E-state index is 0.0616. The van der Waals surface area contributed by atoms with Crippen molar-refractivity contribution in [3.05, 3.63) is 35.0 Å². The average molecular weight is 401 g/mol. The van der Waals surface area contributed by atoms with E-state index in [1.807, 2.05) is 6.07 Å². The highest BCUT2D eigenvalue weighted by molar-refractivity contribution is 7.99. The number of thioether (sulfide) groups is 1. The fraction of sp³-hybridized carbons (Fsp3) is 0.450. The van der Waals surface area contributed by atoms with Gasteiger partial charge in [-0.3, -0.25) is 4.79 Å². The first-order valence-electron chi connectivity index (χ1n) is 9.32. The molecule has 7 nitrogen and oxygen atoms in total. The van der Waals surface area contributed by atoms with Crippen molar-refractivity contribution in [1.29, 1.82) is 0 Å². The van der Waals surface area contributed by atoms with Gasteiger partial charge in [0, 0.05) is 17.7 Å². The summed E-state index contributed by atoms with van der Waals surface area (Å²) in [6.07, 6.45) is 1.25. The molecule has 2 aromatic rings. The van der Waals surface area contributed by atoms with Gasteiger partial charge in [-0.1, -0.05) is 38.6 Å². The molecular weight excluding hydrogens is 376 g/mol. The van der Waals surface area contributed by atoms with E-state index in [0.717, 1.165) is 29.0 Å². The first kappa shape index (κ1) is 18.9. The van der Waals surface area contributed by atoms with Crippen LogP contribution in [0.5, 0.6) is 11.5 Å². The van der Waals surface area contributed by atoms with E-state index in [4.69, 9.17) is 4.74 Å². The Morgan fingerprint density at radius 2 is 2.18 bits per heavy atom. The minimum atomic E-state index is -0.400. The number of methoxy groups -OCH3 is 1. The van der Waals surface area contributed by atoms with Crippen LogP contribution in [0.2, 0.25) is 0 Å². The SMILES string of the molecule is CCSc1nc2n(n1)[C@@H](c1ccc(O)c(OC)c1)C1=C(CC(C)(C)CC1=O)N2. The molecule has 1 atom stereocenters. The maximum Gasteiger partial charge on any atom is 0.227 e. The number of carbonyl (C=O) groups is 1. The van der Waals surface area contributed by atoms with E-state index in [-0.39, 0.29) is 16.9 Å². The summed E-state index contributed by atoms with van der Waals surface area (Å²) in [5.74, 6) is 2.04. The number of nitrogens with zero attached hydrogens (tertiary/aromatic N) is 3. The van der Waals surface area contributed by atoms with E-state index in [0.29, 0.717) is 23.3 Å². The number of allylic oxidation sites excluding steroid dienone is 2. The summed E-state index contributed by atoms with van der Waals surface area (Å²) in [4.78, 5) is 17.8. The zero-order valence-corrected chi connectivity index (χ0v) is 17.3. The predicted molar refractivity (Wildman–Crippen MR) is 108 cm³/mol. The summed E-state index contributed by atoms with van der Waals surface area (Å²) >= 11 is 1.56. The van der Waals surface area contributed by atoms with Crippen LogP contribution < -0.4 is 10.1 Å². The van der Waals surface area contributed by atoms with Gasteiger partial charge in [0.25, 0.3) is 0 Å². The van der Waals surface area contributed by atoms with Crippen LogP contribution >= 0.6 is 11.8 Å². The topological polar surface area (TPSA) is 89.3 Å². The van der Waals surface area contributed by atoms with Crippen LogP contribution in [0.25, 0.3) is 0 Å². The molecule has 0 saturated heterocycles. The van der Waals surface area contributed by atoms with Gasteiger partial charge in [0.05, 0.1) is 7.11 Å². The van der Waals surface area contributed by atoms with Crippen LogP contribution in [0.1, 0.15) is 45.2 Å². The second-order valence-electron chi connectivity index (χ2n) is 7.89. The quantitative estimate of drug-likeness (QED) is 0.755. The number of nitrogens with one attached hydrogen (secondary N) is 1. The number of fused-ring (bicyclic) bond motifs is 1. The van der Waals surface area contributed by atoms with Crippen molar-refractivity contribution < 1.29 is 14.6 Å². The van der Waals surface area contributed by atoms with Crippen LogP contribution in [0.4, 0.5) is 5.95 Å². The van der Waals surface area contributed by atoms with Crippen LogP contribution in [0.3, 0.4) is 0 Å². The lowest BCUT2D eigenvalue weighted by Gasteiger charge is -2.38. The Kier molecular flexibility index (Phi) is 4.61. The Balaban J connectivity index is 1.89. The van der Waals surface area contributed by atoms with Gasteiger partial charge >= 0.3 is 0 Å². The molecule has 2 heterocycles. The van der Waals surface area contributed by atoms with Crippen molar-refractivity contribution in [3.8, 4) is 11.5 Å². The van der Waals surface area contributed by atoms with Crippen LogP contribution in [-0.2, 0) is 4.79 Å². The van der Waals surface area contributed by atoms with Gasteiger partial charge in [0.1, 0.15) is 6.04 Å². The maximum absolute atomic E-state index is 13.1. The van der Waals surface area contributed by atoms with Crippen LogP contribution in [0.15, 0.2) is 34.6 Å². The fourth-order valence-electron chi connectivity index (χ4n) is 3.95. The highest BCUT2D eigenvalue weighted by Gasteiger charge is 2.42. The number of benzene rings is 1. The minimum Gasteiger partial charge on any atom is -0.504 e. The summed E-state index contributed by atoms with van der Waals surface area (Å²) in [5.41, 5.74) is 2.35. The second kappa shape index (κ2) is 6.84. The molecule has 0 amide bonds. The highest BCUT2D eigenvalue weighted by atomic mass is 32.2. The number of aromatic hydroxyl groups is 1. The monoisotopic (exact) mass is 400 g/mol. The molecule has 2 aliphatic rings. The first-order valence-corrected chi connectivity index (χ1v) is 10.3. The number of ether oxygens (including phenoxy) is 1. The zero-order chi connectivity index (χ0) is 20.1. The highest BCUT2D eigenvalue weighted by Crippen LogP contribution is 2.46. The number of anilines is 1. The molecule has 1 aliphatic heterocycles. The smallest absolute Gasteiger partial charge is 0.227 e. The molecule has 1 aromatic heterocycles. The van der Waals surface area contributed by atoms with Crippen LogP contribution in [0, 0.1) is 5.41 Å². The number of rotatable bonds is 4. The summed E-state index contributed by atoms with van der Waals surface area (Å²) in [7, 11) is 1.51. The number of hydrogen-bond acceptors (Lipinski definition) is 7. The lowest BCUT2D eigenvalue weighted by molar-refractivity contribution is -0.118. The normalized spacial score (nSPS) is 20.4. The van der Waals surface area contributed by atoms with E-state index in [2.05, 4.69) is 36.2 Å². The Morgan fingerprint density at radius 1 is 1.39 bits per heavy atom. The lowest BCUT2D eigenvalue weighted by Crippen LogP contribution is -2.36. The third-order valence-electron chi connectivity index (χ3n) is 5.11. The van der Waals surface area contributed by atoms with Gasteiger partial charge in [-0.25, -0.2) is 4.68 Å². The molecule has 2 N–H and O–H groups in total. The summed E-state index contributed by atoms with van der Waals surface area (Å²) in [6.45, 7) is 6.26. The number of carbonyl (C=O) groups excluding carboxylic acids is 1. The van der Waals surface area contributed by atoms with Gasteiger partial charge in [-0.2, -0.15) is 4.98 Å². The van der Waals surface area contributed by atoms with E-state index in [9.17, 15) is 9.90 Å². The molecule has 148 valence electrons. The Hall–Kier alpha value is -2.48. The number of phenols is 1. The number of Topliss-reactive ketones (excluding diaryl/α,β-unsaturated/α-hetero) is 1. The van der Waals surface area contributed by atoms with Crippen molar-refractivity contribution >= 4 is 23.5 Å². The largest absolute Gasteiger partial charge is 0.504 e. The maximum atomic E-state index is 13.1. The Morgan fingerprint density at radius 3 is 2.89 bits per heavy atom. The fourth-order valence-corrected chi connectivity index (χ4v) is 4.51. The molecule has 0 unspecified atom stereocenters. The van der Waals surface area contributed by atoms with Gasteiger partial charge in [-0.05, 0) is 35.3 Å². The van der Waals surface area contributed by atoms with Crippen molar-refractivity contribution in [2.75, 3.05) is 18.2 Å². The summed E-state index contributed by atoms with van der Waals surface area (Å²) < 4.78 is 7.06. The van der Waals surface area contributed by atoms with Gasteiger partial charge in [0.15, 0.2) is 17.3 Å². The molecular formula is C20H24N4O3S. The molecule has 1 aromatic carbocycles. The molecule has 0 saturated carbocycles.